The molecule has 0 aliphatic carbocycles. The van der Waals surface area contributed by atoms with E-state index in [0.717, 1.165) is 4.90 Å². The first-order valence-electron chi connectivity index (χ1n) is 5.78. The van der Waals surface area contributed by atoms with Crippen molar-refractivity contribution in [1.82, 2.24) is 0 Å². The van der Waals surface area contributed by atoms with Gasteiger partial charge >= 0.3 is 0 Å². The van der Waals surface area contributed by atoms with Crippen molar-refractivity contribution in [2.45, 2.75) is 26.5 Å². The fraction of sp³-hybridized carbons (Fsp3) is 0.133. The van der Waals surface area contributed by atoms with Gasteiger partial charge in [-0.3, -0.25) is 4.79 Å². The number of rotatable bonds is 4. The van der Waals surface area contributed by atoms with E-state index < -0.39 is 0 Å². The summed E-state index contributed by atoms with van der Waals surface area (Å²) < 4.78 is 0. The van der Waals surface area contributed by atoms with E-state index in [9.17, 15) is 4.79 Å². The Morgan fingerprint density at radius 3 is 2.05 bits per heavy atom. The van der Waals surface area contributed by atoms with Gasteiger partial charge in [-0.1, -0.05) is 35.7 Å². The molecule has 0 spiro atoms. The van der Waals surface area contributed by atoms with Crippen molar-refractivity contribution < 1.29 is 4.79 Å². The van der Waals surface area contributed by atoms with Crippen molar-refractivity contribution in [1.29, 1.82) is 0 Å². The van der Waals surface area contributed by atoms with E-state index in [1.807, 2.05) is 12.1 Å². The monoisotopic (exact) mass is 306 g/mol. The highest BCUT2D eigenvalue weighted by Gasteiger charge is 2.04. The molecule has 0 fully saturated rings. The van der Waals surface area contributed by atoms with E-state index in [4.69, 9.17) is 0 Å². The molecule has 0 N–H and O–H groups in total. The van der Waals surface area contributed by atoms with E-state index in [1.54, 1.807) is 30.4 Å². The van der Waals surface area contributed by atoms with Gasteiger partial charge in [0.05, 0.1) is 0 Å². The summed E-state index contributed by atoms with van der Waals surface area (Å²) >= 11 is 4.78. The molecule has 0 amide bonds. The Morgan fingerprint density at radius 2 is 1.47 bits per heavy atom. The number of hydrogen-bond acceptors (Lipinski definition) is 4. The number of thioether (sulfide) groups is 2. The van der Waals surface area contributed by atoms with Crippen LogP contribution < -0.4 is 0 Å². The van der Waals surface area contributed by atoms with Crippen LogP contribution in [0.1, 0.15) is 6.92 Å². The second kappa shape index (κ2) is 7.08. The van der Waals surface area contributed by atoms with E-state index in [2.05, 4.69) is 42.7 Å². The zero-order valence-corrected chi connectivity index (χ0v) is 13.2. The predicted octanol–water partition coefficient (Wildman–Crippen LogP) is 5.20. The molecule has 0 radical (unpaired) electrons. The molecule has 2 aromatic carbocycles. The number of carbonyl (C=O) groups is 1. The number of benzene rings is 2. The first-order chi connectivity index (χ1) is 9.19. The fourth-order valence-electron chi connectivity index (χ4n) is 1.57. The highest BCUT2D eigenvalue weighted by molar-refractivity contribution is 8.13. The predicted molar refractivity (Wildman–Crippen MR) is 85.3 cm³/mol. The van der Waals surface area contributed by atoms with E-state index in [-0.39, 0.29) is 5.12 Å². The average molecular weight is 306 g/mol. The maximum Gasteiger partial charge on any atom is 0.190 e. The second-order valence-corrected chi connectivity index (χ2v) is 7.03. The Hall–Kier alpha value is -0.840. The van der Waals surface area contributed by atoms with Crippen LogP contribution in [-0.2, 0) is 4.79 Å². The van der Waals surface area contributed by atoms with Crippen molar-refractivity contribution in [2.24, 2.45) is 0 Å². The zero-order valence-electron chi connectivity index (χ0n) is 10.8. The quantitative estimate of drug-likeness (QED) is 0.722. The molecule has 0 unspecified atom stereocenters. The van der Waals surface area contributed by atoms with Crippen molar-refractivity contribution in [2.75, 3.05) is 6.26 Å². The van der Waals surface area contributed by atoms with Crippen LogP contribution in [0.3, 0.4) is 0 Å². The van der Waals surface area contributed by atoms with Gasteiger partial charge in [0.25, 0.3) is 0 Å². The first kappa shape index (κ1) is 14.6. The molecule has 0 aliphatic rings. The largest absolute Gasteiger partial charge is 0.287 e. The molecule has 0 heterocycles. The lowest BCUT2D eigenvalue weighted by Gasteiger charge is -2.07. The van der Waals surface area contributed by atoms with Crippen LogP contribution in [0.2, 0.25) is 0 Å². The summed E-state index contributed by atoms with van der Waals surface area (Å²) in [4.78, 5) is 15.8. The van der Waals surface area contributed by atoms with Gasteiger partial charge in [-0.05, 0) is 42.7 Å². The van der Waals surface area contributed by atoms with Crippen LogP contribution in [0.15, 0.2) is 68.1 Å². The minimum atomic E-state index is 0.119. The molecular formula is C15H14OS3. The van der Waals surface area contributed by atoms with Gasteiger partial charge in [-0.25, -0.2) is 0 Å². The van der Waals surface area contributed by atoms with Gasteiger partial charge in [0.2, 0.25) is 0 Å². The molecule has 1 nitrogen and oxygen atoms in total. The lowest BCUT2D eigenvalue weighted by Crippen LogP contribution is -1.81. The summed E-state index contributed by atoms with van der Waals surface area (Å²) in [6.45, 7) is 1.59. The lowest BCUT2D eigenvalue weighted by molar-refractivity contribution is -0.109. The van der Waals surface area contributed by atoms with E-state index in [1.165, 1.54) is 26.4 Å². The third kappa shape index (κ3) is 4.34. The molecule has 2 aromatic rings. The van der Waals surface area contributed by atoms with Crippen LogP contribution in [0.25, 0.3) is 0 Å². The molecule has 0 aromatic heterocycles. The molecule has 19 heavy (non-hydrogen) atoms. The van der Waals surface area contributed by atoms with Gasteiger partial charge in [-0.2, -0.15) is 0 Å². The van der Waals surface area contributed by atoms with Crippen LogP contribution in [0, 0.1) is 0 Å². The Bertz CT molecular complexity index is 564. The molecule has 0 bridgehead atoms. The molecule has 0 saturated carbocycles. The third-order valence-electron chi connectivity index (χ3n) is 2.38. The standard InChI is InChI=1S/C15H14OS3/c1-11(16)18-12-7-9-13(10-8-12)19-15-6-4-3-5-14(15)17-2/h3-10H,1-2H3. The maximum atomic E-state index is 11.0. The SMILES string of the molecule is CSc1ccccc1Sc1ccc(SC(C)=O)cc1. The third-order valence-corrected chi connectivity index (χ3v) is 5.19. The normalized spacial score (nSPS) is 10.4. The van der Waals surface area contributed by atoms with Crippen LogP contribution in [0.4, 0.5) is 0 Å². The highest BCUT2D eigenvalue weighted by atomic mass is 32.2. The lowest BCUT2D eigenvalue weighted by atomic mass is 10.4. The molecule has 2 rings (SSSR count). The first-order valence-corrected chi connectivity index (χ1v) is 8.64. The summed E-state index contributed by atoms with van der Waals surface area (Å²) in [5.74, 6) is 0. The van der Waals surface area contributed by atoms with Gasteiger partial charge in [0.1, 0.15) is 0 Å². The van der Waals surface area contributed by atoms with Gasteiger partial charge in [-0.15, -0.1) is 11.8 Å². The topological polar surface area (TPSA) is 17.1 Å². The Kier molecular flexibility index (Phi) is 5.43. The van der Waals surface area contributed by atoms with E-state index >= 15 is 0 Å². The molecule has 0 saturated heterocycles. The molecule has 0 atom stereocenters. The molecule has 0 aliphatic heterocycles. The number of carbonyl (C=O) groups excluding carboxylic acids is 1. The second-order valence-electron chi connectivity index (χ2n) is 3.82. The minimum absolute atomic E-state index is 0.119. The van der Waals surface area contributed by atoms with Gasteiger partial charge in [0, 0.05) is 26.5 Å². The maximum absolute atomic E-state index is 11.0. The summed E-state index contributed by atoms with van der Waals surface area (Å²) in [6.07, 6.45) is 2.09. The van der Waals surface area contributed by atoms with Crippen LogP contribution in [0.5, 0.6) is 0 Å². The Balaban J connectivity index is 2.13. The highest BCUT2D eigenvalue weighted by Crippen LogP contribution is 2.35. The Morgan fingerprint density at radius 1 is 0.895 bits per heavy atom. The summed E-state index contributed by atoms with van der Waals surface area (Å²) in [5.41, 5.74) is 0. The minimum Gasteiger partial charge on any atom is -0.287 e. The van der Waals surface area contributed by atoms with Gasteiger partial charge < -0.3 is 0 Å². The van der Waals surface area contributed by atoms with E-state index in [0.29, 0.717) is 0 Å². The summed E-state index contributed by atoms with van der Waals surface area (Å²) in [7, 11) is 0. The van der Waals surface area contributed by atoms with Gasteiger partial charge in [0.15, 0.2) is 5.12 Å². The average Bonchev–Trinajstić information content (AvgIpc) is 2.41. The van der Waals surface area contributed by atoms with Crippen molar-refractivity contribution in [3.63, 3.8) is 0 Å². The zero-order chi connectivity index (χ0) is 13.7. The Labute approximate surface area is 126 Å². The van der Waals surface area contributed by atoms with Crippen LogP contribution >= 0.6 is 35.3 Å². The van der Waals surface area contributed by atoms with Crippen molar-refractivity contribution in [3.05, 3.63) is 48.5 Å². The van der Waals surface area contributed by atoms with Crippen molar-refractivity contribution in [3.8, 4) is 0 Å². The smallest absolute Gasteiger partial charge is 0.190 e. The molecule has 98 valence electrons. The summed E-state index contributed by atoms with van der Waals surface area (Å²) in [5, 5.41) is 0.119. The molecule has 4 heteroatoms. The molecular weight excluding hydrogens is 292 g/mol. The number of hydrogen-bond donors (Lipinski definition) is 0. The van der Waals surface area contributed by atoms with Crippen LogP contribution in [-0.4, -0.2) is 11.4 Å². The fourth-order valence-corrected chi connectivity index (χ4v) is 3.88. The summed E-state index contributed by atoms with van der Waals surface area (Å²) in [6, 6.07) is 16.5. The van der Waals surface area contributed by atoms with Crippen molar-refractivity contribution >= 4 is 40.4 Å².